The van der Waals surface area contributed by atoms with Gasteiger partial charge < -0.3 is 14.2 Å². The van der Waals surface area contributed by atoms with Crippen molar-refractivity contribution < 1.29 is 19.1 Å². The molecule has 2 heterocycles. The van der Waals surface area contributed by atoms with E-state index in [4.69, 9.17) is 0 Å². The second-order valence-corrected chi connectivity index (χ2v) is 6.01. The number of amides is 1. The third-order valence-electron chi connectivity index (χ3n) is 4.49. The van der Waals surface area contributed by atoms with Crippen LogP contribution in [0.15, 0.2) is 48.8 Å². The largest absolute Gasteiger partial charge is 0.468 e. The lowest BCUT2D eigenvalue weighted by Gasteiger charge is -2.20. The molecular formula is C19H20N2O4. The van der Waals surface area contributed by atoms with Gasteiger partial charge in [0.05, 0.1) is 7.11 Å². The van der Waals surface area contributed by atoms with Gasteiger partial charge in [0.25, 0.3) is 5.91 Å². The van der Waals surface area contributed by atoms with Crippen molar-refractivity contribution in [1.82, 2.24) is 9.47 Å². The fraction of sp³-hybridized carbons (Fsp3) is 0.316. The van der Waals surface area contributed by atoms with Crippen LogP contribution in [0.1, 0.15) is 23.2 Å². The SMILES string of the molecule is COC(=O)C1CCN(C(=O)c2ccc(-n3cccc3)cc2)CCC1=O. The van der Waals surface area contributed by atoms with E-state index < -0.39 is 11.9 Å². The number of ether oxygens (including phenoxy) is 1. The van der Waals surface area contributed by atoms with Crippen LogP contribution in [0.25, 0.3) is 5.69 Å². The summed E-state index contributed by atoms with van der Waals surface area (Å²) in [4.78, 5) is 38.1. The van der Waals surface area contributed by atoms with Gasteiger partial charge in [0.15, 0.2) is 0 Å². The van der Waals surface area contributed by atoms with E-state index in [-0.39, 0.29) is 18.1 Å². The molecule has 0 spiro atoms. The number of carbonyl (C=O) groups is 3. The van der Waals surface area contributed by atoms with Crippen molar-refractivity contribution in [1.29, 1.82) is 0 Å². The first-order chi connectivity index (χ1) is 12.1. The molecule has 0 N–H and O–H groups in total. The van der Waals surface area contributed by atoms with Crippen LogP contribution in [0, 0.1) is 5.92 Å². The number of rotatable bonds is 3. The predicted octanol–water partition coefficient (Wildman–Crippen LogP) is 2.07. The maximum absolute atomic E-state index is 12.7. The molecule has 0 radical (unpaired) electrons. The van der Waals surface area contributed by atoms with Gasteiger partial charge in [-0.3, -0.25) is 14.4 Å². The number of hydrogen-bond acceptors (Lipinski definition) is 4. The van der Waals surface area contributed by atoms with E-state index in [0.29, 0.717) is 25.1 Å². The van der Waals surface area contributed by atoms with Gasteiger partial charge in [-0.1, -0.05) is 0 Å². The highest BCUT2D eigenvalue weighted by molar-refractivity contribution is 6.00. The smallest absolute Gasteiger partial charge is 0.316 e. The van der Waals surface area contributed by atoms with Crippen LogP contribution in [-0.2, 0) is 14.3 Å². The van der Waals surface area contributed by atoms with Crippen LogP contribution in [-0.4, -0.2) is 47.3 Å². The maximum Gasteiger partial charge on any atom is 0.316 e. The third-order valence-corrected chi connectivity index (χ3v) is 4.49. The molecule has 0 aliphatic carbocycles. The van der Waals surface area contributed by atoms with Crippen LogP contribution < -0.4 is 0 Å². The zero-order chi connectivity index (χ0) is 17.8. The summed E-state index contributed by atoms with van der Waals surface area (Å²) in [7, 11) is 1.27. The summed E-state index contributed by atoms with van der Waals surface area (Å²) < 4.78 is 6.64. The molecule has 1 fully saturated rings. The predicted molar refractivity (Wildman–Crippen MR) is 91.4 cm³/mol. The molecular weight excluding hydrogens is 320 g/mol. The Hall–Kier alpha value is -2.89. The highest BCUT2D eigenvalue weighted by Crippen LogP contribution is 2.18. The van der Waals surface area contributed by atoms with Gasteiger partial charge in [-0.05, 0) is 42.8 Å². The van der Waals surface area contributed by atoms with Gasteiger partial charge in [0.2, 0.25) is 0 Å². The zero-order valence-corrected chi connectivity index (χ0v) is 14.1. The fourth-order valence-corrected chi connectivity index (χ4v) is 3.04. The van der Waals surface area contributed by atoms with Crippen molar-refractivity contribution in [2.24, 2.45) is 5.92 Å². The van der Waals surface area contributed by atoms with Crippen molar-refractivity contribution in [3.05, 3.63) is 54.4 Å². The molecule has 3 rings (SSSR count). The first-order valence-corrected chi connectivity index (χ1v) is 8.23. The quantitative estimate of drug-likeness (QED) is 0.634. The summed E-state index contributed by atoms with van der Waals surface area (Å²) in [6, 6.07) is 11.2. The first kappa shape index (κ1) is 17.0. The van der Waals surface area contributed by atoms with Gasteiger partial charge in [-0.15, -0.1) is 0 Å². The van der Waals surface area contributed by atoms with Crippen LogP contribution in [0.4, 0.5) is 0 Å². The lowest BCUT2D eigenvalue weighted by Crippen LogP contribution is -2.32. The number of esters is 1. The van der Waals surface area contributed by atoms with Gasteiger partial charge in [0.1, 0.15) is 11.7 Å². The molecule has 0 saturated carbocycles. The molecule has 1 unspecified atom stereocenters. The summed E-state index contributed by atoms with van der Waals surface area (Å²) in [6.45, 7) is 0.689. The molecule has 1 aliphatic rings. The standard InChI is InChI=1S/C19H20N2O4/c1-25-19(24)16-8-12-21(13-9-17(16)22)18(23)14-4-6-15(7-5-14)20-10-2-3-11-20/h2-7,10-11,16H,8-9,12-13H2,1H3. The average molecular weight is 340 g/mol. The minimum atomic E-state index is -0.765. The number of ketones is 1. The van der Waals surface area contributed by atoms with E-state index in [1.54, 1.807) is 17.0 Å². The van der Waals surface area contributed by atoms with Crippen LogP contribution in [0.2, 0.25) is 0 Å². The number of carbonyl (C=O) groups excluding carboxylic acids is 3. The van der Waals surface area contributed by atoms with Crippen LogP contribution in [0.3, 0.4) is 0 Å². The number of benzene rings is 1. The molecule has 1 atom stereocenters. The molecule has 1 aromatic heterocycles. The molecule has 6 nitrogen and oxygen atoms in total. The van der Waals surface area contributed by atoms with E-state index >= 15 is 0 Å². The molecule has 1 amide bonds. The average Bonchev–Trinajstić information content (AvgIpc) is 3.11. The van der Waals surface area contributed by atoms with Crippen LogP contribution in [0.5, 0.6) is 0 Å². The Morgan fingerprint density at radius 3 is 2.40 bits per heavy atom. The molecule has 1 saturated heterocycles. The lowest BCUT2D eigenvalue weighted by molar-refractivity contribution is -0.149. The molecule has 130 valence electrons. The number of methoxy groups -OCH3 is 1. The number of hydrogen-bond donors (Lipinski definition) is 0. The van der Waals surface area contributed by atoms with Gasteiger partial charge in [-0.25, -0.2) is 0 Å². The normalized spacial score (nSPS) is 17.9. The Kier molecular flexibility index (Phi) is 4.97. The summed E-state index contributed by atoms with van der Waals surface area (Å²) in [5, 5.41) is 0. The van der Waals surface area contributed by atoms with Crippen molar-refractivity contribution in [2.75, 3.05) is 20.2 Å². The second-order valence-electron chi connectivity index (χ2n) is 6.01. The van der Waals surface area contributed by atoms with Gasteiger partial charge >= 0.3 is 5.97 Å². The van der Waals surface area contributed by atoms with Gasteiger partial charge in [-0.2, -0.15) is 0 Å². The summed E-state index contributed by atoms with van der Waals surface area (Å²) in [5.74, 6) is -1.57. The fourth-order valence-electron chi connectivity index (χ4n) is 3.04. The minimum Gasteiger partial charge on any atom is -0.468 e. The lowest BCUT2D eigenvalue weighted by atomic mass is 10.00. The number of likely N-dealkylation sites (tertiary alicyclic amines) is 1. The zero-order valence-electron chi connectivity index (χ0n) is 14.1. The number of aromatic nitrogens is 1. The Bertz CT molecular complexity index is 765. The summed E-state index contributed by atoms with van der Waals surface area (Å²) in [5.41, 5.74) is 1.54. The molecule has 2 aromatic rings. The molecule has 6 heteroatoms. The van der Waals surface area contributed by atoms with E-state index in [2.05, 4.69) is 4.74 Å². The molecule has 1 aliphatic heterocycles. The highest BCUT2D eigenvalue weighted by Gasteiger charge is 2.32. The van der Waals surface area contributed by atoms with Crippen LogP contribution >= 0.6 is 0 Å². The number of nitrogens with zero attached hydrogens (tertiary/aromatic N) is 2. The second kappa shape index (κ2) is 7.34. The van der Waals surface area contributed by atoms with Crippen molar-refractivity contribution in [2.45, 2.75) is 12.8 Å². The summed E-state index contributed by atoms with van der Waals surface area (Å²) >= 11 is 0. The number of Topliss-reactive ketones (excluding diaryl/α,β-unsaturated/α-hetero) is 1. The molecule has 0 bridgehead atoms. The van der Waals surface area contributed by atoms with Gasteiger partial charge in [0, 0.05) is 43.2 Å². The van der Waals surface area contributed by atoms with Crippen molar-refractivity contribution >= 4 is 17.7 Å². The van der Waals surface area contributed by atoms with Crippen molar-refractivity contribution in [3.63, 3.8) is 0 Å². The Balaban J connectivity index is 1.70. The van der Waals surface area contributed by atoms with E-state index in [0.717, 1.165) is 5.69 Å². The maximum atomic E-state index is 12.7. The molecule has 1 aromatic carbocycles. The highest BCUT2D eigenvalue weighted by atomic mass is 16.5. The monoisotopic (exact) mass is 340 g/mol. The topological polar surface area (TPSA) is 68.6 Å². The van der Waals surface area contributed by atoms with E-state index in [9.17, 15) is 14.4 Å². The molecule has 25 heavy (non-hydrogen) atoms. The van der Waals surface area contributed by atoms with Crippen molar-refractivity contribution in [3.8, 4) is 5.69 Å². The van der Waals surface area contributed by atoms with E-state index in [1.165, 1.54) is 7.11 Å². The van der Waals surface area contributed by atoms with E-state index in [1.807, 2.05) is 41.2 Å². The Labute approximate surface area is 146 Å². The Morgan fingerprint density at radius 2 is 1.76 bits per heavy atom. The summed E-state index contributed by atoms with van der Waals surface area (Å²) in [6.07, 6.45) is 4.35. The Morgan fingerprint density at radius 1 is 1.08 bits per heavy atom. The first-order valence-electron chi connectivity index (χ1n) is 8.23. The minimum absolute atomic E-state index is 0.127. The third kappa shape index (κ3) is 3.63.